The lowest BCUT2D eigenvalue weighted by atomic mass is 9.85. The Hall–Kier alpha value is -3.74. The first-order valence-corrected chi connectivity index (χ1v) is 11.5. The van der Waals surface area contributed by atoms with Crippen LogP contribution in [-0.2, 0) is 30.3 Å². The lowest BCUT2D eigenvalue weighted by Crippen LogP contribution is -2.48. The monoisotopic (exact) mass is 460 g/mol. The number of benzene rings is 2. The number of ether oxygens (including phenoxy) is 1. The minimum atomic E-state index is -1.12. The van der Waals surface area contributed by atoms with Gasteiger partial charge in [-0.05, 0) is 49.4 Å². The van der Waals surface area contributed by atoms with E-state index in [-0.39, 0.29) is 18.2 Å². The normalized spacial score (nSPS) is 20.1. The zero-order valence-corrected chi connectivity index (χ0v) is 19.3. The second kappa shape index (κ2) is 10.0. The summed E-state index contributed by atoms with van der Waals surface area (Å²) in [7, 11) is 0. The topological polar surface area (TPSA) is 92.8 Å². The van der Waals surface area contributed by atoms with Gasteiger partial charge in [0.05, 0.1) is 11.8 Å². The predicted molar refractivity (Wildman–Crippen MR) is 127 cm³/mol. The van der Waals surface area contributed by atoms with Crippen LogP contribution in [0.3, 0.4) is 0 Å². The van der Waals surface area contributed by atoms with Crippen LogP contribution in [0.2, 0.25) is 0 Å². The van der Waals surface area contributed by atoms with Gasteiger partial charge < -0.3 is 10.1 Å². The van der Waals surface area contributed by atoms with E-state index in [9.17, 15) is 19.2 Å². The molecule has 4 rings (SSSR count). The maximum atomic E-state index is 13.1. The third-order valence-corrected chi connectivity index (χ3v) is 6.62. The van der Waals surface area contributed by atoms with E-state index in [2.05, 4.69) is 5.32 Å². The van der Waals surface area contributed by atoms with Crippen LogP contribution < -0.4 is 5.32 Å². The highest BCUT2D eigenvalue weighted by molar-refractivity contribution is 6.08. The molecule has 0 radical (unpaired) electrons. The predicted octanol–water partition coefficient (Wildman–Crippen LogP) is 3.35. The summed E-state index contributed by atoms with van der Waals surface area (Å²) >= 11 is 0. The van der Waals surface area contributed by atoms with E-state index in [1.54, 1.807) is 6.07 Å². The molecule has 0 spiro atoms. The summed E-state index contributed by atoms with van der Waals surface area (Å²) in [6.07, 6.45) is 4.90. The van der Waals surface area contributed by atoms with Gasteiger partial charge >= 0.3 is 5.97 Å². The Morgan fingerprint density at radius 2 is 1.62 bits per heavy atom. The zero-order chi connectivity index (χ0) is 24.2. The summed E-state index contributed by atoms with van der Waals surface area (Å²) in [5, 5.41) is 2.75. The minimum absolute atomic E-state index is 0.128. The summed E-state index contributed by atoms with van der Waals surface area (Å²) in [6.45, 7) is 3.32. The Labute approximate surface area is 198 Å². The number of carbonyl (C=O) groups is 4. The molecule has 1 saturated heterocycles. The molecule has 1 aliphatic carbocycles. The van der Waals surface area contributed by atoms with E-state index < -0.39 is 36.4 Å². The highest BCUT2D eigenvalue weighted by Gasteiger charge is 2.51. The van der Waals surface area contributed by atoms with Crippen molar-refractivity contribution in [2.45, 2.75) is 39.2 Å². The molecule has 176 valence electrons. The fourth-order valence-corrected chi connectivity index (χ4v) is 4.56. The number of amides is 3. The second-order valence-electron chi connectivity index (χ2n) is 8.81. The number of hydrogen-bond donors (Lipinski definition) is 1. The summed E-state index contributed by atoms with van der Waals surface area (Å²) in [6, 6.07) is 13.6. The van der Waals surface area contributed by atoms with Gasteiger partial charge in [-0.1, -0.05) is 54.6 Å². The van der Waals surface area contributed by atoms with Crippen molar-refractivity contribution in [2.75, 3.05) is 11.9 Å². The fraction of sp³-hybridized carbons (Fsp3) is 0.333. The van der Waals surface area contributed by atoms with Crippen LogP contribution in [-0.4, -0.2) is 41.2 Å². The Morgan fingerprint density at radius 1 is 0.971 bits per heavy atom. The molecule has 0 bridgehead atoms. The van der Waals surface area contributed by atoms with Gasteiger partial charge in [0.15, 0.2) is 6.61 Å². The van der Waals surface area contributed by atoms with E-state index in [0.29, 0.717) is 18.5 Å². The van der Waals surface area contributed by atoms with Gasteiger partial charge in [0, 0.05) is 12.1 Å². The minimum Gasteiger partial charge on any atom is -0.454 e. The van der Waals surface area contributed by atoms with Crippen molar-refractivity contribution < 1.29 is 23.9 Å². The van der Waals surface area contributed by atoms with Crippen LogP contribution in [0.1, 0.15) is 29.5 Å². The average Bonchev–Trinajstić information content (AvgIpc) is 3.09. The van der Waals surface area contributed by atoms with Gasteiger partial charge in [-0.2, -0.15) is 0 Å². The quantitative estimate of drug-likeness (QED) is 0.389. The molecule has 3 atom stereocenters. The standard InChI is InChI=1S/C27H28N2O5/c1-17-9-8-14-22(18(17)2)28-24(30)16-34-27(33)23(15-19-10-4-3-5-11-19)29-25(31)20-12-6-7-13-21(20)26(29)32/h3-11,14,20-21,23H,12-13,15-16H2,1-2H3,(H,28,30)/t20-,21-,23+/m1/s1. The first-order chi connectivity index (χ1) is 16.4. The number of imide groups is 1. The SMILES string of the molecule is Cc1cccc(NC(=O)COC(=O)[C@H](Cc2ccccc2)N2C(=O)[C@@H]3CC=CC[C@H]3C2=O)c1C. The Kier molecular flexibility index (Phi) is 6.91. The Morgan fingerprint density at radius 3 is 2.26 bits per heavy atom. The molecule has 2 aliphatic rings. The number of hydrogen-bond acceptors (Lipinski definition) is 5. The number of esters is 1. The highest BCUT2D eigenvalue weighted by atomic mass is 16.5. The van der Waals surface area contributed by atoms with Crippen LogP contribution >= 0.6 is 0 Å². The van der Waals surface area contributed by atoms with Crippen molar-refractivity contribution in [1.29, 1.82) is 0 Å². The van der Waals surface area contributed by atoms with Crippen molar-refractivity contribution in [3.05, 3.63) is 77.4 Å². The molecule has 7 nitrogen and oxygen atoms in total. The van der Waals surface area contributed by atoms with Gasteiger partial charge in [0.25, 0.3) is 5.91 Å². The van der Waals surface area contributed by atoms with Crippen molar-refractivity contribution in [2.24, 2.45) is 11.8 Å². The van der Waals surface area contributed by atoms with Crippen molar-refractivity contribution in [3.8, 4) is 0 Å². The molecule has 34 heavy (non-hydrogen) atoms. The summed E-state index contributed by atoms with van der Waals surface area (Å²) < 4.78 is 5.33. The van der Waals surface area contributed by atoms with Crippen LogP contribution in [0.5, 0.6) is 0 Å². The zero-order valence-electron chi connectivity index (χ0n) is 19.3. The molecule has 1 heterocycles. The first kappa shape index (κ1) is 23.4. The molecule has 1 fully saturated rings. The number of anilines is 1. The third-order valence-electron chi connectivity index (χ3n) is 6.62. The number of fused-ring (bicyclic) bond motifs is 1. The van der Waals surface area contributed by atoms with Crippen LogP contribution in [0.15, 0.2) is 60.7 Å². The molecule has 1 N–H and O–H groups in total. The number of nitrogens with zero attached hydrogens (tertiary/aromatic N) is 1. The van der Waals surface area contributed by atoms with Gasteiger partial charge in [-0.3, -0.25) is 19.3 Å². The van der Waals surface area contributed by atoms with Crippen LogP contribution in [0.25, 0.3) is 0 Å². The lowest BCUT2D eigenvalue weighted by Gasteiger charge is -2.25. The number of aryl methyl sites for hydroxylation is 1. The van der Waals surface area contributed by atoms with Crippen molar-refractivity contribution in [3.63, 3.8) is 0 Å². The Balaban J connectivity index is 1.49. The van der Waals surface area contributed by atoms with Gasteiger partial charge in [-0.15, -0.1) is 0 Å². The van der Waals surface area contributed by atoms with Crippen molar-refractivity contribution in [1.82, 2.24) is 4.90 Å². The average molecular weight is 461 g/mol. The molecule has 3 amide bonds. The number of likely N-dealkylation sites (tertiary alicyclic amines) is 1. The van der Waals surface area contributed by atoms with Gasteiger partial charge in [-0.25, -0.2) is 4.79 Å². The third kappa shape index (κ3) is 4.78. The molecule has 2 aromatic rings. The van der Waals surface area contributed by atoms with Crippen LogP contribution in [0, 0.1) is 25.7 Å². The van der Waals surface area contributed by atoms with E-state index >= 15 is 0 Å². The van der Waals surface area contributed by atoms with Crippen LogP contribution in [0.4, 0.5) is 5.69 Å². The van der Waals surface area contributed by atoms with E-state index in [1.165, 1.54) is 0 Å². The molecular weight excluding hydrogens is 432 g/mol. The number of carbonyl (C=O) groups excluding carboxylic acids is 4. The second-order valence-corrected chi connectivity index (χ2v) is 8.81. The number of allylic oxidation sites excluding steroid dienone is 2. The molecule has 0 unspecified atom stereocenters. The maximum absolute atomic E-state index is 13.1. The molecule has 7 heteroatoms. The molecule has 0 saturated carbocycles. The van der Waals surface area contributed by atoms with E-state index in [0.717, 1.165) is 21.6 Å². The largest absolute Gasteiger partial charge is 0.454 e. The summed E-state index contributed by atoms with van der Waals surface area (Å²) in [4.78, 5) is 52.9. The van der Waals surface area contributed by atoms with E-state index in [4.69, 9.17) is 4.74 Å². The summed E-state index contributed by atoms with van der Waals surface area (Å²) in [5.74, 6) is -2.85. The number of nitrogens with one attached hydrogen (secondary N) is 1. The van der Waals surface area contributed by atoms with Gasteiger partial charge in [0.1, 0.15) is 6.04 Å². The Bertz CT molecular complexity index is 1110. The van der Waals surface area contributed by atoms with Gasteiger partial charge in [0.2, 0.25) is 11.8 Å². The molecule has 2 aromatic carbocycles. The molecule has 1 aliphatic heterocycles. The van der Waals surface area contributed by atoms with Crippen molar-refractivity contribution >= 4 is 29.4 Å². The number of rotatable bonds is 7. The fourth-order valence-electron chi connectivity index (χ4n) is 4.56. The molecular formula is C27H28N2O5. The lowest BCUT2D eigenvalue weighted by molar-refractivity contribution is -0.159. The maximum Gasteiger partial charge on any atom is 0.330 e. The van der Waals surface area contributed by atoms with E-state index in [1.807, 2.05) is 68.5 Å². The smallest absolute Gasteiger partial charge is 0.330 e. The first-order valence-electron chi connectivity index (χ1n) is 11.5. The molecule has 0 aromatic heterocycles. The summed E-state index contributed by atoms with van der Waals surface area (Å²) in [5.41, 5.74) is 3.38. The highest BCUT2D eigenvalue weighted by Crippen LogP contribution is 2.36.